The number of ether oxygens (including phenoxy) is 1. The van der Waals surface area contributed by atoms with Gasteiger partial charge in [0.2, 0.25) is 5.78 Å². The lowest BCUT2D eigenvalue weighted by atomic mass is 10.0. The summed E-state index contributed by atoms with van der Waals surface area (Å²) in [5, 5.41) is 0.656. The molecule has 0 saturated carbocycles. The molecule has 0 bridgehead atoms. The first kappa shape index (κ1) is 19.2. The van der Waals surface area contributed by atoms with Crippen molar-refractivity contribution in [2.75, 3.05) is 6.61 Å². The highest BCUT2D eigenvalue weighted by molar-refractivity contribution is 6.36. The van der Waals surface area contributed by atoms with Crippen molar-refractivity contribution in [2.24, 2.45) is 0 Å². The molecule has 0 fully saturated rings. The van der Waals surface area contributed by atoms with E-state index in [-0.39, 0.29) is 10.6 Å². The Morgan fingerprint density at radius 3 is 2.07 bits per heavy atom. The number of aryl methyl sites for hydroxylation is 1. The molecule has 3 aromatic carbocycles. The van der Waals surface area contributed by atoms with Crippen LogP contribution < -0.4 is 0 Å². The van der Waals surface area contributed by atoms with Gasteiger partial charge in [-0.3, -0.25) is 4.79 Å². The molecule has 0 aromatic heterocycles. The van der Waals surface area contributed by atoms with E-state index in [0.717, 1.165) is 11.1 Å². The Kier molecular flexibility index (Phi) is 5.94. The van der Waals surface area contributed by atoms with Gasteiger partial charge in [-0.25, -0.2) is 4.79 Å². The monoisotopic (exact) mass is 398 g/mol. The summed E-state index contributed by atoms with van der Waals surface area (Å²) in [4.78, 5) is 24.4. The molecule has 0 aliphatic heterocycles. The first-order chi connectivity index (χ1) is 12.9. The number of carbonyl (C=O) groups excluding carboxylic acids is 2. The number of Topliss-reactive ketones (excluding diaryl/α,β-unsaturated/α-hetero) is 1. The van der Waals surface area contributed by atoms with Gasteiger partial charge in [-0.2, -0.15) is 0 Å². The van der Waals surface area contributed by atoms with Crippen molar-refractivity contribution >= 4 is 35.0 Å². The third-order valence-corrected chi connectivity index (χ3v) is 4.63. The van der Waals surface area contributed by atoms with Crippen molar-refractivity contribution in [1.29, 1.82) is 0 Å². The number of esters is 1. The summed E-state index contributed by atoms with van der Waals surface area (Å²) in [6, 6.07) is 19.7. The molecule has 5 heteroatoms. The SMILES string of the molecule is Cc1ccc(-c2ccc(C(=O)OCC(=O)c3cc(Cl)ccc3Cl)cc2)cc1. The summed E-state index contributed by atoms with van der Waals surface area (Å²) in [6.07, 6.45) is 0. The van der Waals surface area contributed by atoms with Gasteiger partial charge in [0.15, 0.2) is 6.61 Å². The van der Waals surface area contributed by atoms with Crippen LogP contribution in [0.15, 0.2) is 66.7 Å². The lowest BCUT2D eigenvalue weighted by molar-refractivity contribution is 0.0475. The van der Waals surface area contributed by atoms with E-state index in [0.29, 0.717) is 10.6 Å². The summed E-state index contributed by atoms with van der Waals surface area (Å²) in [5.41, 5.74) is 3.84. The number of ketones is 1. The first-order valence-electron chi connectivity index (χ1n) is 8.26. The van der Waals surface area contributed by atoms with Crippen LogP contribution in [-0.4, -0.2) is 18.4 Å². The molecule has 3 aromatic rings. The molecule has 0 saturated heterocycles. The molecule has 27 heavy (non-hydrogen) atoms. The second-order valence-corrected chi connectivity index (χ2v) is 6.91. The number of benzene rings is 3. The summed E-state index contributed by atoms with van der Waals surface area (Å²) in [5.74, 6) is -0.982. The van der Waals surface area contributed by atoms with Crippen LogP contribution in [0, 0.1) is 6.92 Å². The Hall–Kier alpha value is -2.62. The average Bonchev–Trinajstić information content (AvgIpc) is 2.68. The minimum Gasteiger partial charge on any atom is -0.454 e. The topological polar surface area (TPSA) is 43.4 Å². The van der Waals surface area contributed by atoms with Crippen LogP contribution in [-0.2, 0) is 4.74 Å². The van der Waals surface area contributed by atoms with E-state index in [1.165, 1.54) is 17.7 Å². The Bertz CT molecular complexity index is 977. The number of rotatable bonds is 5. The zero-order valence-electron chi connectivity index (χ0n) is 14.5. The van der Waals surface area contributed by atoms with E-state index in [4.69, 9.17) is 27.9 Å². The predicted molar refractivity (Wildman–Crippen MR) is 108 cm³/mol. The maximum Gasteiger partial charge on any atom is 0.338 e. The van der Waals surface area contributed by atoms with Gasteiger partial charge in [0.1, 0.15) is 0 Å². The third kappa shape index (κ3) is 4.76. The molecule has 0 radical (unpaired) electrons. The van der Waals surface area contributed by atoms with E-state index in [1.54, 1.807) is 18.2 Å². The van der Waals surface area contributed by atoms with E-state index in [9.17, 15) is 9.59 Å². The van der Waals surface area contributed by atoms with Crippen molar-refractivity contribution in [3.63, 3.8) is 0 Å². The zero-order valence-corrected chi connectivity index (χ0v) is 16.1. The molecule has 0 aliphatic rings. The highest BCUT2D eigenvalue weighted by atomic mass is 35.5. The van der Waals surface area contributed by atoms with Crippen LogP contribution in [0.1, 0.15) is 26.3 Å². The van der Waals surface area contributed by atoms with Crippen LogP contribution in [0.25, 0.3) is 11.1 Å². The molecule has 0 N–H and O–H groups in total. The van der Waals surface area contributed by atoms with Crippen molar-refractivity contribution < 1.29 is 14.3 Å². The maximum atomic E-state index is 12.2. The summed E-state index contributed by atoms with van der Waals surface area (Å²) in [7, 11) is 0. The Labute approximate surface area is 167 Å². The van der Waals surface area contributed by atoms with Crippen LogP contribution >= 0.6 is 23.2 Å². The smallest absolute Gasteiger partial charge is 0.338 e. The molecular formula is C22H16Cl2O3. The molecule has 0 spiro atoms. The Morgan fingerprint density at radius 2 is 1.44 bits per heavy atom. The van der Waals surface area contributed by atoms with Crippen molar-refractivity contribution in [3.8, 4) is 11.1 Å². The summed E-state index contributed by atoms with van der Waals surface area (Å²) in [6.45, 7) is 1.62. The average molecular weight is 399 g/mol. The fraction of sp³-hybridized carbons (Fsp3) is 0.0909. The lowest BCUT2D eigenvalue weighted by Crippen LogP contribution is -2.14. The molecule has 3 nitrogen and oxygen atoms in total. The van der Waals surface area contributed by atoms with Crippen molar-refractivity contribution in [2.45, 2.75) is 6.92 Å². The number of hydrogen-bond acceptors (Lipinski definition) is 3. The molecular weight excluding hydrogens is 383 g/mol. The van der Waals surface area contributed by atoms with Crippen LogP contribution in [0.3, 0.4) is 0 Å². The van der Waals surface area contributed by atoms with Crippen molar-refractivity contribution in [3.05, 3.63) is 93.5 Å². The zero-order chi connectivity index (χ0) is 19.4. The number of hydrogen-bond donors (Lipinski definition) is 0. The number of carbonyl (C=O) groups is 2. The molecule has 3 rings (SSSR count). The van der Waals surface area contributed by atoms with Gasteiger partial charge >= 0.3 is 5.97 Å². The molecule has 0 unspecified atom stereocenters. The van der Waals surface area contributed by atoms with Gasteiger partial charge in [0.25, 0.3) is 0 Å². The van der Waals surface area contributed by atoms with E-state index >= 15 is 0 Å². The molecule has 0 aliphatic carbocycles. The second kappa shape index (κ2) is 8.38. The highest BCUT2D eigenvalue weighted by Gasteiger charge is 2.15. The van der Waals surface area contributed by atoms with Crippen LogP contribution in [0.2, 0.25) is 10.0 Å². The van der Waals surface area contributed by atoms with Gasteiger partial charge in [0.05, 0.1) is 10.6 Å². The first-order valence-corrected chi connectivity index (χ1v) is 9.02. The predicted octanol–water partition coefficient (Wildman–Crippen LogP) is 6.01. The molecule has 136 valence electrons. The fourth-order valence-corrected chi connectivity index (χ4v) is 2.94. The largest absolute Gasteiger partial charge is 0.454 e. The van der Waals surface area contributed by atoms with Gasteiger partial charge in [-0.1, -0.05) is 65.2 Å². The van der Waals surface area contributed by atoms with Crippen LogP contribution in [0.4, 0.5) is 0 Å². The highest BCUT2D eigenvalue weighted by Crippen LogP contribution is 2.22. The lowest BCUT2D eigenvalue weighted by Gasteiger charge is -2.07. The molecule has 0 atom stereocenters. The Morgan fingerprint density at radius 1 is 0.852 bits per heavy atom. The summed E-state index contributed by atoms with van der Waals surface area (Å²) < 4.78 is 5.11. The van der Waals surface area contributed by atoms with E-state index in [1.807, 2.05) is 43.3 Å². The van der Waals surface area contributed by atoms with Gasteiger partial charge in [-0.15, -0.1) is 0 Å². The molecule has 0 heterocycles. The normalized spacial score (nSPS) is 10.5. The number of halogens is 2. The minimum absolute atomic E-state index is 0.228. The Balaban J connectivity index is 1.65. The standard InChI is InChI=1S/C22H16Cl2O3/c1-14-2-4-15(5-3-14)16-6-8-17(9-7-16)22(26)27-13-21(25)19-12-18(23)10-11-20(19)24/h2-12H,13H2,1H3. The van der Waals surface area contributed by atoms with E-state index < -0.39 is 18.4 Å². The van der Waals surface area contributed by atoms with Gasteiger partial charge < -0.3 is 4.74 Å². The quantitative estimate of drug-likeness (QED) is 0.390. The van der Waals surface area contributed by atoms with Crippen LogP contribution in [0.5, 0.6) is 0 Å². The van der Waals surface area contributed by atoms with Gasteiger partial charge in [0, 0.05) is 10.6 Å². The summed E-state index contributed by atoms with van der Waals surface area (Å²) >= 11 is 11.9. The van der Waals surface area contributed by atoms with Gasteiger partial charge in [-0.05, 0) is 48.4 Å². The second-order valence-electron chi connectivity index (χ2n) is 6.07. The fourth-order valence-electron chi connectivity index (χ4n) is 2.55. The molecule has 0 amide bonds. The maximum absolute atomic E-state index is 12.2. The van der Waals surface area contributed by atoms with E-state index in [2.05, 4.69) is 0 Å². The minimum atomic E-state index is -0.572. The third-order valence-electron chi connectivity index (χ3n) is 4.07. The van der Waals surface area contributed by atoms with Crippen molar-refractivity contribution in [1.82, 2.24) is 0 Å².